The molecule has 2 aromatic rings. The molecule has 1 atom stereocenters. The summed E-state index contributed by atoms with van der Waals surface area (Å²) in [4.78, 5) is 11.6. The Bertz CT molecular complexity index is 1120. The molecule has 0 unspecified atom stereocenters. The third-order valence-corrected chi connectivity index (χ3v) is 5.75. The number of carboxylic acid groups (broad SMARTS) is 1. The van der Waals surface area contributed by atoms with E-state index in [2.05, 4.69) is 4.72 Å². The number of methoxy groups -OCH3 is 4. The Morgan fingerprint density at radius 3 is 2.06 bits per heavy atom. The van der Waals surface area contributed by atoms with E-state index in [9.17, 15) is 23.4 Å². The smallest absolute Gasteiger partial charge is 0.330 e. The minimum atomic E-state index is -4.07. The SMILES string of the molecule is COc1cc(OC)c(/C=C/S(=O)(=O)Nc2ccc(OC)c([C@](N)(CO)C(=O)O)c2)c(OC)c1. The summed E-state index contributed by atoms with van der Waals surface area (Å²) in [6.07, 6.45) is 1.28. The van der Waals surface area contributed by atoms with E-state index in [-0.39, 0.29) is 17.0 Å². The fourth-order valence-corrected chi connectivity index (χ4v) is 3.78. The van der Waals surface area contributed by atoms with Gasteiger partial charge in [-0.3, -0.25) is 4.72 Å². The standard InChI is InChI=1S/C21H26N2O9S/c1-29-14-10-18(31-3)15(19(11-14)32-4)7-8-33(27,28)23-13-5-6-17(30-2)16(9-13)21(22,12-24)20(25)26/h5-11,23-24H,12,22H2,1-4H3,(H,25,26)/b8-7+/t21-/m1/s1. The van der Waals surface area contributed by atoms with E-state index in [1.807, 2.05) is 0 Å². The highest BCUT2D eigenvalue weighted by molar-refractivity contribution is 7.95. The third-order valence-electron chi connectivity index (χ3n) is 4.74. The molecule has 0 heterocycles. The topological polar surface area (TPSA) is 167 Å². The molecule has 2 rings (SSSR count). The van der Waals surface area contributed by atoms with Crippen molar-refractivity contribution in [2.24, 2.45) is 5.73 Å². The summed E-state index contributed by atoms with van der Waals surface area (Å²) in [7, 11) is 1.52. The zero-order chi connectivity index (χ0) is 24.8. The summed E-state index contributed by atoms with van der Waals surface area (Å²) in [6.45, 7) is -0.939. The highest BCUT2D eigenvalue weighted by Crippen LogP contribution is 2.35. The predicted molar refractivity (Wildman–Crippen MR) is 121 cm³/mol. The van der Waals surface area contributed by atoms with Crippen molar-refractivity contribution in [1.29, 1.82) is 0 Å². The molecule has 12 heteroatoms. The number of hydrogen-bond acceptors (Lipinski definition) is 9. The lowest BCUT2D eigenvalue weighted by molar-refractivity contribution is -0.145. The van der Waals surface area contributed by atoms with Crippen LogP contribution in [0, 0.1) is 0 Å². The number of aliphatic hydroxyl groups excluding tert-OH is 1. The zero-order valence-corrected chi connectivity index (χ0v) is 19.3. The number of ether oxygens (including phenoxy) is 4. The van der Waals surface area contributed by atoms with Crippen molar-refractivity contribution in [3.8, 4) is 23.0 Å². The summed E-state index contributed by atoms with van der Waals surface area (Å²) in [5.41, 5.74) is 3.89. The lowest BCUT2D eigenvalue weighted by Gasteiger charge is -2.25. The van der Waals surface area contributed by atoms with Crippen molar-refractivity contribution in [3.63, 3.8) is 0 Å². The Hall–Kier alpha value is -3.48. The molecule has 180 valence electrons. The second-order valence-electron chi connectivity index (χ2n) is 6.75. The molecule has 0 radical (unpaired) electrons. The van der Waals surface area contributed by atoms with E-state index >= 15 is 0 Å². The van der Waals surface area contributed by atoms with Gasteiger partial charge in [-0.15, -0.1) is 0 Å². The van der Waals surface area contributed by atoms with Crippen molar-refractivity contribution in [2.45, 2.75) is 5.54 Å². The van der Waals surface area contributed by atoms with Crippen LogP contribution in [0.5, 0.6) is 23.0 Å². The van der Waals surface area contributed by atoms with E-state index in [1.165, 1.54) is 52.7 Å². The van der Waals surface area contributed by atoms with Gasteiger partial charge < -0.3 is 34.9 Å². The summed E-state index contributed by atoms with van der Waals surface area (Å²) in [5.74, 6) is -0.342. The van der Waals surface area contributed by atoms with Gasteiger partial charge in [-0.25, -0.2) is 13.2 Å². The van der Waals surface area contributed by atoms with Crippen LogP contribution in [0.2, 0.25) is 0 Å². The van der Waals surface area contributed by atoms with Crippen LogP contribution < -0.4 is 29.4 Å². The molecule has 0 saturated heterocycles. The van der Waals surface area contributed by atoms with Gasteiger partial charge >= 0.3 is 5.97 Å². The zero-order valence-electron chi connectivity index (χ0n) is 18.5. The molecule has 0 aromatic heterocycles. The lowest BCUT2D eigenvalue weighted by Crippen LogP contribution is -2.48. The van der Waals surface area contributed by atoms with Gasteiger partial charge in [0.1, 0.15) is 23.0 Å². The number of carbonyl (C=O) groups is 1. The Labute approximate surface area is 191 Å². The number of aliphatic carboxylic acids is 1. The van der Waals surface area contributed by atoms with Crippen LogP contribution in [0.25, 0.3) is 6.08 Å². The maximum atomic E-state index is 12.7. The molecule has 0 amide bonds. The minimum absolute atomic E-state index is 0.00800. The summed E-state index contributed by atoms with van der Waals surface area (Å²) < 4.78 is 48.5. The van der Waals surface area contributed by atoms with E-state index in [1.54, 1.807) is 12.1 Å². The fraction of sp³-hybridized carbons (Fsp3) is 0.286. The van der Waals surface area contributed by atoms with Crippen molar-refractivity contribution in [3.05, 3.63) is 46.9 Å². The lowest BCUT2D eigenvalue weighted by atomic mass is 9.90. The van der Waals surface area contributed by atoms with Crippen LogP contribution in [0.4, 0.5) is 5.69 Å². The van der Waals surface area contributed by atoms with Gasteiger partial charge in [-0.2, -0.15) is 0 Å². The number of nitrogens with two attached hydrogens (primary N) is 1. The molecule has 0 fully saturated rings. The Morgan fingerprint density at radius 2 is 1.61 bits per heavy atom. The molecule has 0 aliphatic heterocycles. The fourth-order valence-electron chi connectivity index (χ4n) is 2.94. The van der Waals surface area contributed by atoms with Crippen LogP contribution in [0.3, 0.4) is 0 Å². The van der Waals surface area contributed by atoms with Gasteiger partial charge in [-0.1, -0.05) is 0 Å². The first-order valence-electron chi connectivity index (χ1n) is 9.37. The average Bonchev–Trinajstić information content (AvgIpc) is 2.81. The first-order valence-corrected chi connectivity index (χ1v) is 10.9. The molecule has 33 heavy (non-hydrogen) atoms. The van der Waals surface area contributed by atoms with E-state index in [4.69, 9.17) is 24.7 Å². The molecule has 2 aromatic carbocycles. The number of nitrogens with one attached hydrogen (secondary N) is 1. The summed E-state index contributed by atoms with van der Waals surface area (Å²) in [5, 5.41) is 19.9. The van der Waals surface area contributed by atoms with Crippen LogP contribution >= 0.6 is 0 Å². The molecule has 0 saturated carbocycles. The van der Waals surface area contributed by atoms with Gasteiger partial charge in [0, 0.05) is 23.4 Å². The number of aliphatic hydroxyl groups is 1. The molecule has 0 aliphatic rings. The molecule has 0 spiro atoms. The van der Waals surface area contributed by atoms with Gasteiger partial charge in [0.25, 0.3) is 10.0 Å². The largest absolute Gasteiger partial charge is 0.496 e. The normalized spacial score (nSPS) is 13.3. The van der Waals surface area contributed by atoms with Crippen LogP contribution in [-0.2, 0) is 20.4 Å². The van der Waals surface area contributed by atoms with Crippen molar-refractivity contribution >= 4 is 27.8 Å². The van der Waals surface area contributed by atoms with Gasteiger partial charge in [0.15, 0.2) is 5.54 Å². The molecule has 0 bridgehead atoms. The predicted octanol–water partition coefficient (Wildman–Crippen LogP) is 1.36. The first kappa shape index (κ1) is 25.8. The number of hydrogen-bond donors (Lipinski definition) is 4. The number of rotatable bonds is 11. The third kappa shape index (κ3) is 5.66. The second kappa shape index (κ2) is 10.4. The highest BCUT2D eigenvalue weighted by Gasteiger charge is 2.38. The minimum Gasteiger partial charge on any atom is -0.496 e. The van der Waals surface area contributed by atoms with Crippen LogP contribution in [0.15, 0.2) is 35.7 Å². The molecule has 5 N–H and O–H groups in total. The van der Waals surface area contributed by atoms with Crippen molar-refractivity contribution < 1.29 is 42.4 Å². The molecule has 0 aliphatic carbocycles. The van der Waals surface area contributed by atoms with Gasteiger partial charge in [0.2, 0.25) is 0 Å². The average molecular weight is 483 g/mol. The maximum Gasteiger partial charge on any atom is 0.330 e. The molecule has 11 nitrogen and oxygen atoms in total. The van der Waals surface area contributed by atoms with Crippen LogP contribution in [0.1, 0.15) is 11.1 Å². The molecular weight excluding hydrogens is 456 g/mol. The second-order valence-corrected chi connectivity index (χ2v) is 8.31. The Kier molecular flexibility index (Phi) is 8.14. The first-order chi connectivity index (χ1) is 15.5. The van der Waals surface area contributed by atoms with Gasteiger partial charge in [-0.05, 0) is 24.3 Å². The van der Waals surface area contributed by atoms with E-state index < -0.39 is 28.1 Å². The monoisotopic (exact) mass is 482 g/mol. The summed E-state index contributed by atoms with van der Waals surface area (Å²) >= 11 is 0. The van der Waals surface area contributed by atoms with Crippen molar-refractivity contribution in [2.75, 3.05) is 39.8 Å². The van der Waals surface area contributed by atoms with Crippen LogP contribution in [-0.4, -0.2) is 59.6 Å². The summed E-state index contributed by atoms with van der Waals surface area (Å²) in [6, 6.07) is 7.02. The number of sulfonamides is 1. The molecular formula is C21H26N2O9S. The maximum absolute atomic E-state index is 12.7. The van der Waals surface area contributed by atoms with E-state index in [0.29, 0.717) is 22.8 Å². The van der Waals surface area contributed by atoms with Gasteiger partial charge in [0.05, 0.1) is 46.0 Å². The Morgan fingerprint density at radius 1 is 1.03 bits per heavy atom. The highest BCUT2D eigenvalue weighted by atomic mass is 32.2. The number of anilines is 1. The van der Waals surface area contributed by atoms with E-state index in [0.717, 1.165) is 5.41 Å². The quantitative estimate of drug-likeness (QED) is 0.367. The Balaban J connectivity index is 2.44. The number of benzene rings is 2. The number of carboxylic acids is 1. The van der Waals surface area contributed by atoms with Crippen molar-refractivity contribution in [1.82, 2.24) is 0 Å².